The molecular formula is C15H13N3O2. The van der Waals surface area contributed by atoms with Gasteiger partial charge in [-0.3, -0.25) is 9.20 Å². The second-order valence-electron chi connectivity index (χ2n) is 4.47. The summed E-state index contributed by atoms with van der Waals surface area (Å²) in [5.74, 6) is 1.10. The molecule has 0 aliphatic rings. The maximum Gasteiger partial charge on any atom is 0.237 e. The number of aldehydes is 1. The summed E-state index contributed by atoms with van der Waals surface area (Å²) in [6.07, 6.45) is 4.59. The van der Waals surface area contributed by atoms with Crippen LogP contribution in [0.3, 0.4) is 0 Å². The standard InChI is InChI=1S/C15H13N3O2/c1-10-7-18-8-13(16-15(18)17-14(10)20-2)12-6-4-3-5-11(12)9-19/h3-9H,1-2H3. The van der Waals surface area contributed by atoms with E-state index in [9.17, 15) is 4.79 Å². The first-order chi connectivity index (χ1) is 9.72. The Kier molecular flexibility index (Phi) is 2.95. The summed E-state index contributed by atoms with van der Waals surface area (Å²) in [5, 5.41) is 0. The van der Waals surface area contributed by atoms with Crippen molar-refractivity contribution in [1.29, 1.82) is 0 Å². The van der Waals surface area contributed by atoms with Crippen LogP contribution < -0.4 is 4.74 Å². The molecule has 0 amide bonds. The zero-order chi connectivity index (χ0) is 14.1. The third-order valence-electron chi connectivity index (χ3n) is 3.14. The lowest BCUT2D eigenvalue weighted by atomic mass is 10.1. The molecule has 5 nitrogen and oxygen atoms in total. The lowest BCUT2D eigenvalue weighted by molar-refractivity contribution is 0.112. The van der Waals surface area contributed by atoms with Crippen molar-refractivity contribution in [3.05, 3.63) is 47.8 Å². The van der Waals surface area contributed by atoms with Gasteiger partial charge in [-0.1, -0.05) is 24.3 Å². The van der Waals surface area contributed by atoms with E-state index in [2.05, 4.69) is 9.97 Å². The summed E-state index contributed by atoms with van der Waals surface area (Å²) in [7, 11) is 1.58. The van der Waals surface area contributed by atoms with Gasteiger partial charge in [-0.05, 0) is 6.92 Å². The van der Waals surface area contributed by atoms with E-state index in [1.807, 2.05) is 41.9 Å². The van der Waals surface area contributed by atoms with Crippen LogP contribution in [0.5, 0.6) is 5.88 Å². The van der Waals surface area contributed by atoms with Crippen LogP contribution in [-0.2, 0) is 0 Å². The smallest absolute Gasteiger partial charge is 0.237 e. The predicted octanol–water partition coefficient (Wildman–Crippen LogP) is 2.53. The van der Waals surface area contributed by atoms with Crippen molar-refractivity contribution in [3.63, 3.8) is 0 Å². The van der Waals surface area contributed by atoms with Gasteiger partial charge >= 0.3 is 0 Å². The number of rotatable bonds is 3. The van der Waals surface area contributed by atoms with Gasteiger partial charge in [0.25, 0.3) is 0 Å². The van der Waals surface area contributed by atoms with E-state index in [1.54, 1.807) is 13.2 Å². The number of carbonyl (C=O) groups excluding carboxylic acids is 1. The molecule has 20 heavy (non-hydrogen) atoms. The van der Waals surface area contributed by atoms with Crippen molar-refractivity contribution in [2.45, 2.75) is 6.92 Å². The molecule has 3 aromatic rings. The van der Waals surface area contributed by atoms with Gasteiger partial charge in [0.2, 0.25) is 11.7 Å². The second kappa shape index (κ2) is 4.77. The van der Waals surface area contributed by atoms with E-state index < -0.39 is 0 Å². The molecule has 0 saturated carbocycles. The van der Waals surface area contributed by atoms with E-state index in [-0.39, 0.29) is 0 Å². The number of hydrogen-bond acceptors (Lipinski definition) is 4. The number of hydrogen-bond donors (Lipinski definition) is 0. The summed E-state index contributed by atoms with van der Waals surface area (Å²) < 4.78 is 7.02. The number of benzene rings is 1. The normalized spacial score (nSPS) is 10.7. The summed E-state index contributed by atoms with van der Waals surface area (Å²) in [4.78, 5) is 19.9. The Morgan fingerprint density at radius 2 is 2.00 bits per heavy atom. The van der Waals surface area contributed by atoms with Crippen LogP contribution in [0.2, 0.25) is 0 Å². The molecule has 0 fully saturated rings. The first kappa shape index (κ1) is 12.3. The first-order valence-electron chi connectivity index (χ1n) is 6.18. The van der Waals surface area contributed by atoms with Gasteiger partial charge in [0.15, 0.2) is 6.29 Å². The van der Waals surface area contributed by atoms with Gasteiger partial charge in [-0.25, -0.2) is 4.98 Å². The third-order valence-corrected chi connectivity index (χ3v) is 3.14. The van der Waals surface area contributed by atoms with Gasteiger partial charge in [-0.15, -0.1) is 0 Å². The zero-order valence-corrected chi connectivity index (χ0v) is 11.2. The molecule has 0 aliphatic heterocycles. The maximum atomic E-state index is 11.1. The molecule has 2 aromatic heterocycles. The highest BCUT2D eigenvalue weighted by Gasteiger charge is 2.11. The topological polar surface area (TPSA) is 56.5 Å². The van der Waals surface area contributed by atoms with Crippen LogP contribution in [-0.4, -0.2) is 27.8 Å². The number of nitrogens with zero attached hydrogens (tertiary/aromatic N) is 3. The van der Waals surface area contributed by atoms with Crippen LogP contribution in [0.4, 0.5) is 0 Å². The van der Waals surface area contributed by atoms with Gasteiger partial charge in [0.1, 0.15) is 0 Å². The molecule has 3 rings (SSSR count). The molecule has 5 heteroatoms. The molecule has 2 heterocycles. The second-order valence-corrected chi connectivity index (χ2v) is 4.47. The molecular weight excluding hydrogens is 254 g/mol. The highest BCUT2D eigenvalue weighted by atomic mass is 16.5. The third kappa shape index (κ3) is 1.93. The summed E-state index contributed by atoms with van der Waals surface area (Å²) >= 11 is 0. The van der Waals surface area contributed by atoms with Crippen LogP contribution in [0.1, 0.15) is 15.9 Å². The Morgan fingerprint density at radius 1 is 1.20 bits per heavy atom. The van der Waals surface area contributed by atoms with Crippen molar-refractivity contribution >= 4 is 12.1 Å². The van der Waals surface area contributed by atoms with E-state index in [0.717, 1.165) is 17.4 Å². The zero-order valence-electron chi connectivity index (χ0n) is 11.2. The largest absolute Gasteiger partial charge is 0.481 e. The van der Waals surface area contributed by atoms with Crippen LogP contribution in [0, 0.1) is 6.92 Å². The van der Waals surface area contributed by atoms with E-state index in [1.165, 1.54) is 0 Å². The summed E-state index contributed by atoms with van der Waals surface area (Å²) in [6, 6.07) is 7.35. The molecule has 0 N–H and O–H groups in total. The van der Waals surface area contributed by atoms with Gasteiger partial charge in [0.05, 0.1) is 12.8 Å². The molecule has 0 atom stereocenters. The Hall–Kier alpha value is -2.69. The minimum absolute atomic E-state index is 0.545. The first-order valence-corrected chi connectivity index (χ1v) is 6.18. The van der Waals surface area contributed by atoms with E-state index in [4.69, 9.17) is 4.74 Å². The number of aryl methyl sites for hydroxylation is 1. The van der Waals surface area contributed by atoms with Crippen molar-refractivity contribution in [2.75, 3.05) is 7.11 Å². The quantitative estimate of drug-likeness (QED) is 0.684. The number of fused-ring (bicyclic) bond motifs is 1. The lowest BCUT2D eigenvalue weighted by Gasteiger charge is -2.02. The lowest BCUT2D eigenvalue weighted by Crippen LogP contribution is -1.95. The fraction of sp³-hybridized carbons (Fsp3) is 0.133. The minimum atomic E-state index is 0.545. The Bertz CT molecular complexity index is 793. The number of methoxy groups -OCH3 is 1. The molecule has 0 radical (unpaired) electrons. The highest BCUT2D eigenvalue weighted by Crippen LogP contribution is 2.23. The van der Waals surface area contributed by atoms with Crippen LogP contribution in [0.25, 0.3) is 17.0 Å². The number of imidazole rings is 1. The molecule has 0 bridgehead atoms. The molecule has 0 saturated heterocycles. The van der Waals surface area contributed by atoms with Crippen molar-refractivity contribution in [2.24, 2.45) is 0 Å². The molecule has 0 aliphatic carbocycles. The van der Waals surface area contributed by atoms with Crippen molar-refractivity contribution in [1.82, 2.24) is 14.4 Å². The predicted molar refractivity (Wildman–Crippen MR) is 75.1 cm³/mol. The van der Waals surface area contributed by atoms with Crippen LogP contribution >= 0.6 is 0 Å². The molecule has 100 valence electrons. The van der Waals surface area contributed by atoms with Gasteiger partial charge in [-0.2, -0.15) is 4.98 Å². The summed E-state index contributed by atoms with van der Waals surface area (Å²) in [6.45, 7) is 1.92. The number of carbonyl (C=O) groups is 1. The Balaban J connectivity index is 2.20. The molecule has 0 spiro atoms. The average molecular weight is 267 g/mol. The van der Waals surface area contributed by atoms with Crippen LogP contribution in [0.15, 0.2) is 36.7 Å². The maximum absolute atomic E-state index is 11.1. The molecule has 1 aromatic carbocycles. The Labute approximate surface area is 115 Å². The minimum Gasteiger partial charge on any atom is -0.481 e. The van der Waals surface area contributed by atoms with Crippen molar-refractivity contribution in [3.8, 4) is 17.1 Å². The van der Waals surface area contributed by atoms with Gasteiger partial charge in [0, 0.05) is 29.1 Å². The van der Waals surface area contributed by atoms with E-state index >= 15 is 0 Å². The average Bonchev–Trinajstić information content (AvgIpc) is 2.88. The summed E-state index contributed by atoms with van der Waals surface area (Å²) in [5.41, 5.74) is 3.05. The fourth-order valence-electron chi connectivity index (χ4n) is 2.17. The number of aromatic nitrogens is 3. The van der Waals surface area contributed by atoms with Gasteiger partial charge < -0.3 is 4.74 Å². The Morgan fingerprint density at radius 3 is 2.75 bits per heavy atom. The monoisotopic (exact) mass is 267 g/mol. The highest BCUT2D eigenvalue weighted by molar-refractivity contribution is 5.86. The fourth-order valence-corrected chi connectivity index (χ4v) is 2.17. The number of ether oxygens (including phenoxy) is 1. The SMILES string of the molecule is COc1nc2nc(-c3ccccc3C=O)cn2cc1C. The molecule has 0 unspecified atom stereocenters. The van der Waals surface area contributed by atoms with Crippen molar-refractivity contribution < 1.29 is 9.53 Å². The van der Waals surface area contributed by atoms with E-state index in [0.29, 0.717) is 22.9 Å².